The van der Waals surface area contributed by atoms with Gasteiger partial charge in [-0.3, -0.25) is 4.79 Å². The Labute approximate surface area is 139 Å². The largest absolute Gasteiger partial charge is 0.483 e. The first-order valence-corrected chi connectivity index (χ1v) is 7.84. The van der Waals surface area contributed by atoms with Crippen LogP contribution in [0.25, 0.3) is 0 Å². The lowest BCUT2D eigenvalue weighted by Gasteiger charge is -2.28. The smallest absolute Gasteiger partial charge is 0.326 e. The van der Waals surface area contributed by atoms with E-state index in [0.29, 0.717) is 30.4 Å². The van der Waals surface area contributed by atoms with Crippen molar-refractivity contribution in [2.24, 2.45) is 5.92 Å². The molecule has 126 valence electrons. The second kappa shape index (κ2) is 8.17. The molecule has 7 heteroatoms. The highest BCUT2D eigenvalue weighted by Crippen LogP contribution is 2.25. The molecule has 2 rings (SSSR count). The molecule has 1 fully saturated rings. The molecule has 6 nitrogen and oxygen atoms in total. The maximum Gasteiger partial charge on any atom is 0.326 e. The van der Waals surface area contributed by atoms with Gasteiger partial charge in [0.2, 0.25) is 0 Å². The van der Waals surface area contributed by atoms with Crippen LogP contribution in [0, 0.1) is 12.8 Å². The molecule has 1 aromatic rings. The number of aliphatic carboxylic acids is 1. The molecule has 0 aliphatic carbocycles. The van der Waals surface area contributed by atoms with Crippen molar-refractivity contribution in [1.82, 2.24) is 5.32 Å². The van der Waals surface area contributed by atoms with Crippen molar-refractivity contribution in [3.05, 3.63) is 28.8 Å². The highest BCUT2D eigenvalue weighted by Gasteiger charge is 2.31. The number of carbonyl (C=O) groups is 2. The standard InChI is InChI=1S/C16H20ClNO5/c1-10-12(17)5-2-6-13(10)23-9-14(19)18-15(16(20)21)11-4-3-7-22-8-11/h2,5-6,11,15H,3-4,7-9H2,1H3,(H,18,19)(H,20,21). The van der Waals surface area contributed by atoms with Crippen LogP contribution in [0.3, 0.4) is 0 Å². The number of nitrogens with one attached hydrogen (secondary N) is 1. The maximum atomic E-state index is 12.0. The van der Waals surface area contributed by atoms with E-state index in [4.69, 9.17) is 21.1 Å². The molecular formula is C16H20ClNO5. The van der Waals surface area contributed by atoms with Gasteiger partial charge in [0.1, 0.15) is 11.8 Å². The minimum atomic E-state index is -1.06. The average molecular weight is 342 g/mol. The Morgan fingerprint density at radius 3 is 2.96 bits per heavy atom. The number of halogens is 1. The zero-order chi connectivity index (χ0) is 16.8. The van der Waals surface area contributed by atoms with E-state index in [9.17, 15) is 14.7 Å². The van der Waals surface area contributed by atoms with Gasteiger partial charge in [0.15, 0.2) is 6.61 Å². The van der Waals surface area contributed by atoms with E-state index in [1.54, 1.807) is 25.1 Å². The molecule has 1 aromatic carbocycles. The van der Waals surface area contributed by atoms with Crippen molar-refractivity contribution >= 4 is 23.5 Å². The van der Waals surface area contributed by atoms with Gasteiger partial charge < -0.3 is 19.9 Å². The molecule has 1 saturated heterocycles. The Bertz CT molecular complexity index is 572. The number of hydrogen-bond donors (Lipinski definition) is 2. The predicted octanol–water partition coefficient (Wildman–Crippen LogP) is 2.02. The summed E-state index contributed by atoms with van der Waals surface area (Å²) in [7, 11) is 0. The molecule has 0 bridgehead atoms. The number of amides is 1. The number of hydrogen-bond acceptors (Lipinski definition) is 4. The zero-order valence-corrected chi connectivity index (χ0v) is 13.6. The molecule has 2 N–H and O–H groups in total. The van der Waals surface area contributed by atoms with Gasteiger partial charge in [-0.1, -0.05) is 17.7 Å². The Hall–Kier alpha value is -1.79. The topological polar surface area (TPSA) is 84.9 Å². The van der Waals surface area contributed by atoms with E-state index in [0.717, 1.165) is 12.0 Å². The number of carboxylic acid groups (broad SMARTS) is 1. The Morgan fingerprint density at radius 2 is 2.30 bits per heavy atom. The van der Waals surface area contributed by atoms with Crippen molar-refractivity contribution in [1.29, 1.82) is 0 Å². The summed E-state index contributed by atoms with van der Waals surface area (Å²) < 4.78 is 10.7. The molecule has 1 aliphatic rings. The zero-order valence-electron chi connectivity index (χ0n) is 12.9. The number of ether oxygens (including phenoxy) is 2. The van der Waals surface area contributed by atoms with Crippen LogP contribution in [-0.4, -0.2) is 42.8 Å². The summed E-state index contributed by atoms with van der Waals surface area (Å²) in [6, 6.07) is 4.19. The fourth-order valence-electron chi connectivity index (χ4n) is 2.51. The van der Waals surface area contributed by atoms with Gasteiger partial charge in [0.25, 0.3) is 5.91 Å². The third-order valence-corrected chi connectivity index (χ3v) is 4.24. The van der Waals surface area contributed by atoms with Crippen LogP contribution in [0.4, 0.5) is 0 Å². The van der Waals surface area contributed by atoms with Crippen LogP contribution >= 0.6 is 11.6 Å². The van der Waals surface area contributed by atoms with Crippen LogP contribution in [0.2, 0.25) is 5.02 Å². The van der Waals surface area contributed by atoms with Crippen LogP contribution in [-0.2, 0) is 14.3 Å². The summed E-state index contributed by atoms with van der Waals surface area (Å²) >= 11 is 5.98. The van der Waals surface area contributed by atoms with Gasteiger partial charge in [0.05, 0.1) is 6.61 Å². The van der Waals surface area contributed by atoms with E-state index in [1.807, 2.05) is 0 Å². The molecule has 0 spiro atoms. The molecule has 1 heterocycles. The molecular weight excluding hydrogens is 322 g/mol. The van der Waals surface area contributed by atoms with E-state index in [-0.39, 0.29) is 12.5 Å². The molecule has 0 aromatic heterocycles. The summed E-state index contributed by atoms with van der Waals surface area (Å²) in [5.74, 6) is -1.27. The number of carboxylic acids is 1. The number of rotatable bonds is 6. The summed E-state index contributed by atoms with van der Waals surface area (Å²) in [5, 5.41) is 12.4. The van der Waals surface area contributed by atoms with Gasteiger partial charge in [-0.2, -0.15) is 0 Å². The molecule has 1 amide bonds. The number of benzene rings is 1. The average Bonchev–Trinajstić information content (AvgIpc) is 2.54. The van der Waals surface area contributed by atoms with Gasteiger partial charge in [-0.25, -0.2) is 4.79 Å². The fraction of sp³-hybridized carbons (Fsp3) is 0.500. The molecule has 1 aliphatic heterocycles. The van der Waals surface area contributed by atoms with Crippen LogP contribution < -0.4 is 10.1 Å². The van der Waals surface area contributed by atoms with Crippen LogP contribution in [0.1, 0.15) is 18.4 Å². The third-order valence-electron chi connectivity index (χ3n) is 3.83. The second-order valence-corrected chi connectivity index (χ2v) is 5.92. The summed E-state index contributed by atoms with van der Waals surface area (Å²) in [4.78, 5) is 23.4. The molecule has 2 unspecified atom stereocenters. The van der Waals surface area contributed by atoms with Gasteiger partial charge >= 0.3 is 5.97 Å². The summed E-state index contributed by atoms with van der Waals surface area (Å²) in [5.41, 5.74) is 0.734. The number of carbonyl (C=O) groups excluding carboxylic acids is 1. The highest BCUT2D eigenvalue weighted by atomic mass is 35.5. The van der Waals surface area contributed by atoms with E-state index >= 15 is 0 Å². The Kier molecular flexibility index (Phi) is 6.24. The lowest BCUT2D eigenvalue weighted by molar-refractivity contribution is -0.145. The van der Waals surface area contributed by atoms with E-state index in [2.05, 4.69) is 5.32 Å². The van der Waals surface area contributed by atoms with Crippen LogP contribution in [0.15, 0.2) is 18.2 Å². The maximum absolute atomic E-state index is 12.0. The Morgan fingerprint density at radius 1 is 1.52 bits per heavy atom. The normalized spacial score (nSPS) is 19.0. The van der Waals surface area contributed by atoms with Gasteiger partial charge in [-0.15, -0.1) is 0 Å². The first-order valence-electron chi connectivity index (χ1n) is 7.47. The first kappa shape index (κ1) is 17.6. The van der Waals surface area contributed by atoms with Crippen molar-refractivity contribution < 1.29 is 24.2 Å². The lowest BCUT2D eigenvalue weighted by atomic mass is 9.93. The Balaban J connectivity index is 1.91. The third kappa shape index (κ3) is 4.84. The predicted molar refractivity (Wildman–Crippen MR) is 84.8 cm³/mol. The van der Waals surface area contributed by atoms with Crippen molar-refractivity contribution in [2.45, 2.75) is 25.8 Å². The molecule has 23 heavy (non-hydrogen) atoms. The summed E-state index contributed by atoms with van der Waals surface area (Å²) in [6.45, 7) is 2.49. The van der Waals surface area contributed by atoms with Crippen LogP contribution in [0.5, 0.6) is 5.75 Å². The lowest BCUT2D eigenvalue weighted by Crippen LogP contribution is -2.49. The summed E-state index contributed by atoms with van der Waals surface area (Å²) in [6.07, 6.45) is 1.51. The highest BCUT2D eigenvalue weighted by molar-refractivity contribution is 6.31. The van der Waals surface area contributed by atoms with Gasteiger partial charge in [-0.05, 0) is 31.9 Å². The first-order chi connectivity index (χ1) is 11.0. The minimum Gasteiger partial charge on any atom is -0.483 e. The SMILES string of the molecule is Cc1c(Cl)cccc1OCC(=O)NC(C(=O)O)C1CCCOC1. The second-order valence-electron chi connectivity index (χ2n) is 5.51. The van der Waals surface area contributed by atoms with Gasteiger partial charge in [0, 0.05) is 23.1 Å². The molecule has 0 radical (unpaired) electrons. The van der Waals surface area contributed by atoms with E-state index in [1.165, 1.54) is 0 Å². The molecule has 0 saturated carbocycles. The van der Waals surface area contributed by atoms with Crippen molar-refractivity contribution in [3.8, 4) is 5.75 Å². The monoisotopic (exact) mass is 341 g/mol. The fourth-order valence-corrected chi connectivity index (χ4v) is 2.68. The molecule has 2 atom stereocenters. The van der Waals surface area contributed by atoms with Crippen molar-refractivity contribution in [3.63, 3.8) is 0 Å². The van der Waals surface area contributed by atoms with Crippen molar-refractivity contribution in [2.75, 3.05) is 19.8 Å². The quantitative estimate of drug-likeness (QED) is 0.827. The minimum absolute atomic E-state index is 0.224. The van der Waals surface area contributed by atoms with E-state index < -0.39 is 17.9 Å².